The van der Waals surface area contributed by atoms with Gasteiger partial charge in [0.15, 0.2) is 0 Å². The lowest BCUT2D eigenvalue weighted by Gasteiger charge is -2.03. The van der Waals surface area contributed by atoms with Crippen LogP contribution < -0.4 is 4.74 Å². The molecule has 0 atom stereocenters. The van der Waals surface area contributed by atoms with Crippen molar-refractivity contribution in [2.75, 3.05) is 13.7 Å². The van der Waals surface area contributed by atoms with Crippen molar-refractivity contribution in [3.63, 3.8) is 0 Å². The Morgan fingerprint density at radius 3 is 2.77 bits per heavy atom. The van der Waals surface area contributed by atoms with E-state index < -0.39 is 0 Å². The molecule has 1 aromatic rings. The predicted molar refractivity (Wildman–Crippen MR) is 53.9 cm³/mol. The number of aryl methyl sites for hydroxylation is 1. The largest absolute Gasteiger partial charge is 0.497 e. The second kappa shape index (κ2) is 4.67. The van der Waals surface area contributed by atoms with Gasteiger partial charge in [-0.25, -0.2) is 0 Å². The Labute approximate surface area is 78.5 Å². The Balaban J connectivity index is 2.91. The fourth-order valence-electron chi connectivity index (χ4n) is 1.14. The second-order valence-corrected chi connectivity index (χ2v) is 2.81. The number of hydrogen-bond donors (Lipinski definition) is 1. The minimum Gasteiger partial charge on any atom is -0.497 e. The summed E-state index contributed by atoms with van der Waals surface area (Å²) in [6, 6.07) is 5.85. The van der Waals surface area contributed by atoms with E-state index in [1.54, 1.807) is 13.2 Å². The first-order valence-corrected chi connectivity index (χ1v) is 4.20. The zero-order chi connectivity index (χ0) is 9.68. The van der Waals surface area contributed by atoms with Crippen LogP contribution in [0.4, 0.5) is 0 Å². The van der Waals surface area contributed by atoms with Gasteiger partial charge >= 0.3 is 0 Å². The van der Waals surface area contributed by atoms with Crippen molar-refractivity contribution in [1.29, 1.82) is 0 Å². The summed E-state index contributed by atoms with van der Waals surface area (Å²) in [6.45, 7) is 2.09. The number of aliphatic hydroxyl groups is 1. The Bertz CT molecular complexity index is 303. The van der Waals surface area contributed by atoms with Crippen LogP contribution in [-0.4, -0.2) is 18.8 Å². The SMILES string of the molecule is COc1ccc(/C=C/CO)c(C)c1. The number of aliphatic hydroxyl groups excluding tert-OH is 1. The van der Waals surface area contributed by atoms with Crippen molar-refractivity contribution >= 4 is 6.08 Å². The molecule has 0 bridgehead atoms. The molecule has 2 heteroatoms. The molecule has 0 aromatic heterocycles. The van der Waals surface area contributed by atoms with Crippen molar-refractivity contribution in [3.8, 4) is 5.75 Å². The first-order chi connectivity index (χ1) is 6.27. The van der Waals surface area contributed by atoms with Crippen molar-refractivity contribution in [1.82, 2.24) is 0 Å². The molecule has 0 aliphatic rings. The highest BCUT2D eigenvalue weighted by atomic mass is 16.5. The molecule has 0 aliphatic carbocycles. The molecule has 2 nitrogen and oxygen atoms in total. The molecule has 0 fully saturated rings. The minimum absolute atomic E-state index is 0.0749. The molecule has 0 aliphatic heterocycles. The van der Waals surface area contributed by atoms with E-state index in [1.807, 2.05) is 31.2 Å². The Morgan fingerprint density at radius 1 is 1.46 bits per heavy atom. The summed E-state index contributed by atoms with van der Waals surface area (Å²) in [5, 5.41) is 8.61. The molecule has 0 radical (unpaired) electrons. The van der Waals surface area contributed by atoms with E-state index in [2.05, 4.69) is 0 Å². The topological polar surface area (TPSA) is 29.5 Å². The van der Waals surface area contributed by atoms with Crippen LogP contribution in [0.2, 0.25) is 0 Å². The zero-order valence-electron chi connectivity index (χ0n) is 7.95. The molecule has 13 heavy (non-hydrogen) atoms. The molecule has 70 valence electrons. The van der Waals surface area contributed by atoms with Crippen molar-refractivity contribution < 1.29 is 9.84 Å². The van der Waals surface area contributed by atoms with E-state index >= 15 is 0 Å². The van der Waals surface area contributed by atoms with E-state index in [4.69, 9.17) is 9.84 Å². The van der Waals surface area contributed by atoms with Crippen molar-refractivity contribution in [2.24, 2.45) is 0 Å². The van der Waals surface area contributed by atoms with Gasteiger partial charge in [0.2, 0.25) is 0 Å². The smallest absolute Gasteiger partial charge is 0.119 e. The summed E-state index contributed by atoms with van der Waals surface area (Å²) < 4.78 is 5.08. The molecule has 1 rings (SSSR count). The van der Waals surface area contributed by atoms with Crippen molar-refractivity contribution in [2.45, 2.75) is 6.92 Å². The number of benzene rings is 1. The van der Waals surface area contributed by atoms with Gasteiger partial charge in [0.25, 0.3) is 0 Å². The zero-order valence-corrected chi connectivity index (χ0v) is 7.95. The number of methoxy groups -OCH3 is 1. The van der Waals surface area contributed by atoms with Gasteiger partial charge in [0.1, 0.15) is 5.75 Å². The van der Waals surface area contributed by atoms with E-state index in [0.717, 1.165) is 16.9 Å². The highest BCUT2D eigenvalue weighted by Gasteiger charge is 1.95. The van der Waals surface area contributed by atoms with Gasteiger partial charge in [0, 0.05) is 0 Å². The lowest BCUT2D eigenvalue weighted by molar-refractivity contribution is 0.343. The molecule has 0 spiro atoms. The minimum atomic E-state index is 0.0749. The van der Waals surface area contributed by atoms with E-state index in [9.17, 15) is 0 Å². The maximum Gasteiger partial charge on any atom is 0.119 e. The van der Waals surface area contributed by atoms with Gasteiger partial charge in [-0.15, -0.1) is 0 Å². The maximum atomic E-state index is 8.61. The molecule has 1 N–H and O–H groups in total. The van der Waals surface area contributed by atoms with Gasteiger partial charge in [-0.2, -0.15) is 0 Å². The van der Waals surface area contributed by atoms with Gasteiger partial charge in [-0.05, 0) is 30.2 Å². The van der Waals surface area contributed by atoms with Crippen LogP contribution in [0.25, 0.3) is 6.08 Å². The Hall–Kier alpha value is -1.28. The molecule has 1 aromatic carbocycles. The second-order valence-electron chi connectivity index (χ2n) is 2.81. The third-order valence-corrected chi connectivity index (χ3v) is 1.88. The lowest BCUT2D eigenvalue weighted by Crippen LogP contribution is -1.86. The van der Waals surface area contributed by atoms with Crippen LogP contribution in [0.3, 0.4) is 0 Å². The van der Waals surface area contributed by atoms with Crippen LogP contribution in [-0.2, 0) is 0 Å². The number of ether oxygens (including phenoxy) is 1. The summed E-state index contributed by atoms with van der Waals surface area (Å²) in [4.78, 5) is 0. The molecule has 0 saturated heterocycles. The molecule has 0 heterocycles. The number of hydrogen-bond acceptors (Lipinski definition) is 2. The fourth-order valence-corrected chi connectivity index (χ4v) is 1.14. The average molecular weight is 178 g/mol. The highest BCUT2D eigenvalue weighted by Crippen LogP contribution is 2.17. The molecule has 0 saturated carbocycles. The van der Waals surface area contributed by atoms with Crippen LogP contribution >= 0.6 is 0 Å². The summed E-state index contributed by atoms with van der Waals surface area (Å²) in [5.41, 5.74) is 2.25. The predicted octanol–water partition coefficient (Wildman–Crippen LogP) is 2.01. The first kappa shape index (κ1) is 9.81. The summed E-state index contributed by atoms with van der Waals surface area (Å²) in [6.07, 6.45) is 3.61. The fraction of sp³-hybridized carbons (Fsp3) is 0.273. The van der Waals surface area contributed by atoms with E-state index in [1.165, 1.54) is 0 Å². The average Bonchev–Trinajstić information content (AvgIpc) is 2.16. The summed E-state index contributed by atoms with van der Waals surface area (Å²) >= 11 is 0. The summed E-state index contributed by atoms with van der Waals surface area (Å²) in [7, 11) is 1.65. The summed E-state index contributed by atoms with van der Waals surface area (Å²) in [5.74, 6) is 0.860. The van der Waals surface area contributed by atoms with Crippen LogP contribution in [0.1, 0.15) is 11.1 Å². The molecule has 0 amide bonds. The van der Waals surface area contributed by atoms with Gasteiger partial charge in [-0.1, -0.05) is 18.2 Å². The lowest BCUT2D eigenvalue weighted by atomic mass is 10.1. The van der Waals surface area contributed by atoms with Crippen molar-refractivity contribution in [3.05, 3.63) is 35.4 Å². The molecule has 0 unspecified atom stereocenters. The van der Waals surface area contributed by atoms with Gasteiger partial charge in [-0.3, -0.25) is 0 Å². The van der Waals surface area contributed by atoms with E-state index in [0.29, 0.717) is 0 Å². The van der Waals surface area contributed by atoms with Crippen LogP contribution in [0.5, 0.6) is 5.75 Å². The standard InChI is InChI=1S/C11H14O2/c1-9-8-11(13-2)6-5-10(9)4-3-7-12/h3-6,8,12H,7H2,1-2H3/b4-3+. The monoisotopic (exact) mass is 178 g/mol. The van der Waals surface area contributed by atoms with E-state index in [-0.39, 0.29) is 6.61 Å². The maximum absolute atomic E-state index is 8.61. The quantitative estimate of drug-likeness (QED) is 0.767. The van der Waals surface area contributed by atoms with Crippen LogP contribution in [0, 0.1) is 6.92 Å². The first-order valence-electron chi connectivity index (χ1n) is 4.20. The van der Waals surface area contributed by atoms with Crippen LogP contribution in [0.15, 0.2) is 24.3 Å². The highest BCUT2D eigenvalue weighted by molar-refractivity contribution is 5.55. The third-order valence-electron chi connectivity index (χ3n) is 1.88. The molecular formula is C11H14O2. The number of rotatable bonds is 3. The Morgan fingerprint density at radius 2 is 2.23 bits per heavy atom. The van der Waals surface area contributed by atoms with Gasteiger partial charge in [0.05, 0.1) is 13.7 Å². The van der Waals surface area contributed by atoms with Gasteiger partial charge < -0.3 is 9.84 Å². The molecular weight excluding hydrogens is 164 g/mol. The normalized spacial score (nSPS) is 10.7. The Kier molecular flexibility index (Phi) is 3.53. The third kappa shape index (κ3) is 2.60.